The third-order valence-corrected chi connectivity index (χ3v) is 3.36. The first kappa shape index (κ1) is 13.1. The van der Waals surface area contributed by atoms with E-state index >= 15 is 0 Å². The van der Waals surface area contributed by atoms with E-state index in [1.807, 2.05) is 6.92 Å². The van der Waals surface area contributed by atoms with Crippen LogP contribution in [0.3, 0.4) is 0 Å². The van der Waals surface area contributed by atoms with Crippen LogP contribution in [-0.4, -0.2) is 29.1 Å². The van der Waals surface area contributed by atoms with Gasteiger partial charge in [-0.3, -0.25) is 0 Å². The molecule has 0 saturated heterocycles. The Morgan fingerprint density at radius 1 is 1.44 bits per heavy atom. The Bertz CT molecular complexity index is 350. The largest absolute Gasteiger partial charge is 0.477 e. The van der Waals surface area contributed by atoms with Crippen LogP contribution in [0.2, 0.25) is 0 Å². The van der Waals surface area contributed by atoms with Crippen LogP contribution in [0.15, 0.2) is 0 Å². The minimum atomic E-state index is -0.859. The average molecular weight is 242 g/mol. The molecule has 0 bridgehead atoms. The molecule has 0 aliphatic rings. The maximum atomic E-state index is 10.9. The highest BCUT2D eigenvalue weighted by molar-refractivity contribution is 7.13. The number of carboxylic acid groups (broad SMARTS) is 1. The molecule has 1 aromatic rings. The number of hydrogen-bond acceptors (Lipinski definition) is 4. The Balaban J connectivity index is 2.57. The summed E-state index contributed by atoms with van der Waals surface area (Å²) in [6.07, 6.45) is 2.60. The van der Waals surface area contributed by atoms with Crippen molar-refractivity contribution in [2.75, 3.05) is 13.1 Å². The summed E-state index contributed by atoms with van der Waals surface area (Å²) in [4.78, 5) is 15.7. The van der Waals surface area contributed by atoms with Gasteiger partial charge in [0.1, 0.15) is 4.88 Å². The molecule has 0 aromatic carbocycles. The van der Waals surface area contributed by atoms with Gasteiger partial charge in [-0.25, -0.2) is 9.78 Å². The third kappa shape index (κ3) is 3.57. The van der Waals surface area contributed by atoms with Crippen LogP contribution in [0.25, 0.3) is 0 Å². The second-order valence-electron chi connectivity index (χ2n) is 3.54. The van der Waals surface area contributed by atoms with Crippen LogP contribution in [0.5, 0.6) is 0 Å². The molecular weight excluding hydrogens is 224 g/mol. The van der Waals surface area contributed by atoms with Crippen molar-refractivity contribution >= 4 is 17.3 Å². The average Bonchev–Trinajstić information content (AvgIpc) is 2.68. The number of hydrogen-bond donors (Lipinski definition) is 2. The normalized spacial score (nSPS) is 10.6. The Labute approximate surface area is 99.7 Å². The van der Waals surface area contributed by atoms with Crippen molar-refractivity contribution < 1.29 is 9.90 Å². The molecule has 90 valence electrons. The van der Waals surface area contributed by atoms with E-state index in [-0.39, 0.29) is 0 Å². The molecule has 0 fully saturated rings. The highest BCUT2D eigenvalue weighted by atomic mass is 32.1. The lowest BCUT2D eigenvalue weighted by Crippen LogP contribution is -2.17. The Morgan fingerprint density at radius 2 is 2.19 bits per heavy atom. The molecule has 0 atom stereocenters. The molecule has 4 nitrogen and oxygen atoms in total. The van der Waals surface area contributed by atoms with E-state index in [4.69, 9.17) is 5.11 Å². The van der Waals surface area contributed by atoms with E-state index < -0.39 is 5.97 Å². The molecule has 1 heterocycles. The van der Waals surface area contributed by atoms with Crippen LogP contribution < -0.4 is 5.32 Å². The summed E-state index contributed by atoms with van der Waals surface area (Å²) in [6, 6.07) is 0. The van der Waals surface area contributed by atoms with Crippen molar-refractivity contribution in [1.29, 1.82) is 0 Å². The SMILES string of the molecule is CCCNCCc1nc(CC)c(C(=O)O)s1. The second kappa shape index (κ2) is 6.60. The van der Waals surface area contributed by atoms with Crippen molar-refractivity contribution in [3.05, 3.63) is 15.6 Å². The van der Waals surface area contributed by atoms with Crippen LogP contribution in [0.1, 0.15) is 40.6 Å². The van der Waals surface area contributed by atoms with E-state index in [0.717, 1.165) is 30.9 Å². The molecule has 5 heteroatoms. The maximum Gasteiger partial charge on any atom is 0.347 e. The number of carboxylic acids is 1. The Kier molecular flexibility index (Phi) is 5.42. The highest BCUT2D eigenvalue weighted by Gasteiger charge is 2.15. The van der Waals surface area contributed by atoms with Gasteiger partial charge in [-0.15, -0.1) is 11.3 Å². The predicted octanol–water partition coefficient (Wildman–Crippen LogP) is 1.95. The summed E-state index contributed by atoms with van der Waals surface area (Å²) >= 11 is 1.30. The van der Waals surface area contributed by atoms with Crippen molar-refractivity contribution in [2.24, 2.45) is 0 Å². The molecular formula is C11H18N2O2S. The smallest absolute Gasteiger partial charge is 0.347 e. The van der Waals surface area contributed by atoms with E-state index in [1.165, 1.54) is 11.3 Å². The van der Waals surface area contributed by atoms with Crippen molar-refractivity contribution in [3.63, 3.8) is 0 Å². The number of aromatic nitrogens is 1. The number of nitrogens with zero attached hydrogens (tertiary/aromatic N) is 1. The lowest BCUT2D eigenvalue weighted by Gasteiger charge is -1.99. The van der Waals surface area contributed by atoms with Crippen molar-refractivity contribution in [2.45, 2.75) is 33.1 Å². The Hall–Kier alpha value is -0.940. The summed E-state index contributed by atoms with van der Waals surface area (Å²) in [6.45, 7) is 5.91. The fraction of sp³-hybridized carbons (Fsp3) is 0.636. The summed E-state index contributed by atoms with van der Waals surface area (Å²) in [5.41, 5.74) is 0.711. The van der Waals surface area contributed by atoms with Gasteiger partial charge in [0, 0.05) is 13.0 Å². The zero-order valence-electron chi connectivity index (χ0n) is 9.75. The van der Waals surface area contributed by atoms with Crippen LogP contribution in [-0.2, 0) is 12.8 Å². The number of rotatable bonds is 7. The molecule has 0 aliphatic carbocycles. The molecule has 0 radical (unpaired) electrons. The van der Waals surface area contributed by atoms with E-state index in [1.54, 1.807) is 0 Å². The topological polar surface area (TPSA) is 62.2 Å². The zero-order valence-corrected chi connectivity index (χ0v) is 10.6. The first-order chi connectivity index (χ1) is 7.69. The number of nitrogens with one attached hydrogen (secondary N) is 1. The number of carbonyl (C=O) groups is 1. The predicted molar refractivity (Wildman–Crippen MR) is 65.3 cm³/mol. The van der Waals surface area contributed by atoms with Crippen LogP contribution in [0.4, 0.5) is 0 Å². The first-order valence-corrected chi connectivity index (χ1v) is 6.43. The zero-order chi connectivity index (χ0) is 12.0. The van der Waals surface area contributed by atoms with Gasteiger partial charge in [-0.05, 0) is 19.4 Å². The molecule has 0 amide bonds. The van der Waals surface area contributed by atoms with E-state index in [9.17, 15) is 4.79 Å². The quantitative estimate of drug-likeness (QED) is 0.717. The van der Waals surface area contributed by atoms with Gasteiger partial charge >= 0.3 is 5.97 Å². The fourth-order valence-corrected chi connectivity index (χ4v) is 2.40. The fourth-order valence-electron chi connectivity index (χ4n) is 1.41. The van der Waals surface area contributed by atoms with Gasteiger partial charge in [-0.1, -0.05) is 13.8 Å². The molecule has 2 N–H and O–H groups in total. The number of aromatic carboxylic acids is 1. The van der Waals surface area contributed by atoms with E-state index in [2.05, 4.69) is 17.2 Å². The molecule has 1 rings (SSSR count). The summed E-state index contributed by atoms with van der Waals surface area (Å²) in [5, 5.41) is 13.2. The first-order valence-electron chi connectivity index (χ1n) is 5.61. The lowest BCUT2D eigenvalue weighted by atomic mass is 10.3. The summed E-state index contributed by atoms with van der Waals surface area (Å²) in [5.74, 6) is -0.859. The van der Waals surface area contributed by atoms with Gasteiger partial charge in [0.05, 0.1) is 10.7 Å². The minimum Gasteiger partial charge on any atom is -0.477 e. The van der Waals surface area contributed by atoms with Gasteiger partial charge < -0.3 is 10.4 Å². The minimum absolute atomic E-state index is 0.396. The van der Waals surface area contributed by atoms with Crippen LogP contribution >= 0.6 is 11.3 Å². The summed E-state index contributed by atoms with van der Waals surface area (Å²) in [7, 11) is 0. The summed E-state index contributed by atoms with van der Waals surface area (Å²) < 4.78 is 0. The molecule has 0 spiro atoms. The maximum absolute atomic E-state index is 10.9. The molecule has 16 heavy (non-hydrogen) atoms. The standard InChI is InChI=1S/C11H18N2O2S/c1-3-6-12-7-5-9-13-8(4-2)10(16-9)11(14)15/h12H,3-7H2,1-2H3,(H,14,15). The molecule has 1 aromatic heterocycles. The second-order valence-corrected chi connectivity index (χ2v) is 4.63. The van der Waals surface area contributed by atoms with Crippen LogP contribution in [0, 0.1) is 0 Å². The van der Waals surface area contributed by atoms with Gasteiger partial charge in [-0.2, -0.15) is 0 Å². The Morgan fingerprint density at radius 3 is 2.69 bits per heavy atom. The lowest BCUT2D eigenvalue weighted by molar-refractivity contribution is 0.0701. The van der Waals surface area contributed by atoms with Gasteiger partial charge in [0.2, 0.25) is 0 Å². The molecule has 0 aliphatic heterocycles. The van der Waals surface area contributed by atoms with Crippen molar-refractivity contribution in [1.82, 2.24) is 10.3 Å². The highest BCUT2D eigenvalue weighted by Crippen LogP contribution is 2.19. The van der Waals surface area contributed by atoms with Gasteiger partial charge in [0.15, 0.2) is 0 Å². The molecule has 0 saturated carbocycles. The van der Waals surface area contributed by atoms with Gasteiger partial charge in [0.25, 0.3) is 0 Å². The van der Waals surface area contributed by atoms with E-state index in [0.29, 0.717) is 17.0 Å². The molecule has 0 unspecified atom stereocenters. The monoisotopic (exact) mass is 242 g/mol. The third-order valence-electron chi connectivity index (χ3n) is 2.21. The van der Waals surface area contributed by atoms with Crippen molar-refractivity contribution in [3.8, 4) is 0 Å². The number of aryl methyl sites for hydroxylation is 1. The number of thiazole rings is 1.